The van der Waals surface area contributed by atoms with Gasteiger partial charge in [0.25, 0.3) is 0 Å². The summed E-state index contributed by atoms with van der Waals surface area (Å²) in [5.74, 6) is -0.265. The fourth-order valence-corrected chi connectivity index (χ4v) is 2.39. The van der Waals surface area contributed by atoms with Crippen LogP contribution < -0.4 is 5.73 Å². The molecule has 0 bridgehead atoms. The van der Waals surface area contributed by atoms with Crippen LogP contribution in [0, 0.1) is 17.1 Å². The minimum Gasteiger partial charge on any atom is -0.326 e. The third-order valence-electron chi connectivity index (χ3n) is 2.44. The van der Waals surface area contributed by atoms with E-state index in [1.807, 2.05) is 12.1 Å². The predicted molar refractivity (Wildman–Crippen MR) is 69.6 cm³/mol. The van der Waals surface area contributed by atoms with Gasteiger partial charge in [-0.1, -0.05) is 17.8 Å². The molecule has 0 atom stereocenters. The van der Waals surface area contributed by atoms with E-state index in [0.29, 0.717) is 12.1 Å². The van der Waals surface area contributed by atoms with E-state index in [1.165, 1.54) is 23.9 Å². The number of nitriles is 1. The highest BCUT2D eigenvalue weighted by Crippen LogP contribution is 2.30. The average molecular weight is 258 g/mol. The summed E-state index contributed by atoms with van der Waals surface area (Å²) < 4.78 is 12.8. The minimum absolute atomic E-state index is 0.265. The van der Waals surface area contributed by atoms with Gasteiger partial charge in [0.05, 0.1) is 5.56 Å². The highest BCUT2D eigenvalue weighted by molar-refractivity contribution is 7.99. The van der Waals surface area contributed by atoms with Gasteiger partial charge in [0, 0.05) is 16.3 Å². The first-order valence-electron chi connectivity index (χ1n) is 5.39. The number of benzene rings is 2. The largest absolute Gasteiger partial charge is 0.326 e. The third kappa shape index (κ3) is 2.89. The lowest BCUT2D eigenvalue weighted by atomic mass is 10.1. The monoisotopic (exact) mass is 258 g/mol. The molecule has 0 heterocycles. The maximum Gasteiger partial charge on any atom is 0.123 e. The summed E-state index contributed by atoms with van der Waals surface area (Å²) in [7, 11) is 0. The molecule has 2 nitrogen and oxygen atoms in total. The zero-order valence-corrected chi connectivity index (χ0v) is 10.4. The van der Waals surface area contributed by atoms with Crippen molar-refractivity contribution < 1.29 is 4.39 Å². The molecule has 4 heteroatoms. The maximum absolute atomic E-state index is 12.8. The molecule has 0 amide bonds. The van der Waals surface area contributed by atoms with Crippen molar-refractivity contribution in [2.45, 2.75) is 16.3 Å². The normalized spacial score (nSPS) is 10.1. The molecule has 0 aliphatic rings. The Hall–Kier alpha value is -1.83. The van der Waals surface area contributed by atoms with Crippen molar-refractivity contribution in [3.8, 4) is 6.07 Å². The molecule has 18 heavy (non-hydrogen) atoms. The summed E-state index contributed by atoms with van der Waals surface area (Å²) in [6, 6.07) is 13.9. The van der Waals surface area contributed by atoms with Crippen LogP contribution in [0.3, 0.4) is 0 Å². The number of rotatable bonds is 3. The standard InChI is InChI=1S/C14H11FN2S/c15-12-2-4-13(5-3-12)18-14-6-1-10(8-16)7-11(14)9-17/h1-7H,8,16H2. The van der Waals surface area contributed by atoms with Crippen LogP contribution >= 0.6 is 11.8 Å². The van der Waals surface area contributed by atoms with Gasteiger partial charge in [-0.05, 0) is 42.0 Å². The molecule has 0 aromatic heterocycles. The first-order valence-corrected chi connectivity index (χ1v) is 6.21. The van der Waals surface area contributed by atoms with Crippen LogP contribution in [-0.4, -0.2) is 0 Å². The smallest absolute Gasteiger partial charge is 0.123 e. The Morgan fingerprint density at radius 3 is 2.50 bits per heavy atom. The Morgan fingerprint density at radius 1 is 1.17 bits per heavy atom. The molecule has 2 aromatic rings. The summed E-state index contributed by atoms with van der Waals surface area (Å²) in [6.45, 7) is 0.413. The quantitative estimate of drug-likeness (QED) is 0.918. The van der Waals surface area contributed by atoms with Gasteiger partial charge in [0.15, 0.2) is 0 Å². The lowest BCUT2D eigenvalue weighted by Crippen LogP contribution is -1.96. The molecule has 0 radical (unpaired) electrons. The molecule has 0 aliphatic heterocycles. The Morgan fingerprint density at radius 2 is 1.89 bits per heavy atom. The molecule has 0 aliphatic carbocycles. The first kappa shape index (κ1) is 12.6. The van der Waals surface area contributed by atoms with Crippen molar-refractivity contribution in [2.75, 3.05) is 0 Å². The molecular weight excluding hydrogens is 247 g/mol. The fourth-order valence-electron chi connectivity index (χ4n) is 1.51. The zero-order valence-electron chi connectivity index (χ0n) is 9.56. The molecule has 0 fully saturated rings. The number of hydrogen-bond donors (Lipinski definition) is 1. The van der Waals surface area contributed by atoms with E-state index < -0.39 is 0 Å². The number of halogens is 1. The van der Waals surface area contributed by atoms with E-state index in [4.69, 9.17) is 11.0 Å². The van der Waals surface area contributed by atoms with E-state index in [2.05, 4.69) is 6.07 Å². The average Bonchev–Trinajstić information content (AvgIpc) is 2.41. The Kier molecular flexibility index (Phi) is 3.98. The number of hydrogen-bond acceptors (Lipinski definition) is 3. The lowest BCUT2D eigenvalue weighted by Gasteiger charge is -2.05. The first-order chi connectivity index (χ1) is 8.72. The van der Waals surface area contributed by atoms with Crippen molar-refractivity contribution in [2.24, 2.45) is 5.73 Å². The van der Waals surface area contributed by atoms with Gasteiger partial charge in [-0.25, -0.2) is 4.39 Å². The van der Waals surface area contributed by atoms with Gasteiger partial charge in [-0.2, -0.15) is 5.26 Å². The third-order valence-corrected chi connectivity index (χ3v) is 3.53. The highest BCUT2D eigenvalue weighted by Gasteiger charge is 2.05. The van der Waals surface area contributed by atoms with Crippen LogP contribution in [0.15, 0.2) is 52.3 Å². The van der Waals surface area contributed by atoms with Crippen molar-refractivity contribution >= 4 is 11.8 Å². The van der Waals surface area contributed by atoms with Gasteiger partial charge in [0.1, 0.15) is 11.9 Å². The summed E-state index contributed by atoms with van der Waals surface area (Å²) >= 11 is 1.44. The van der Waals surface area contributed by atoms with Crippen LogP contribution in [0.5, 0.6) is 0 Å². The number of nitrogens with zero attached hydrogens (tertiary/aromatic N) is 1. The van der Waals surface area contributed by atoms with Crippen molar-refractivity contribution in [3.05, 3.63) is 59.4 Å². The fraction of sp³-hybridized carbons (Fsp3) is 0.0714. The van der Waals surface area contributed by atoms with Crippen molar-refractivity contribution in [1.82, 2.24) is 0 Å². The van der Waals surface area contributed by atoms with E-state index in [1.54, 1.807) is 18.2 Å². The Balaban J connectivity index is 2.29. The van der Waals surface area contributed by atoms with Crippen LogP contribution in [0.1, 0.15) is 11.1 Å². The van der Waals surface area contributed by atoms with Crippen molar-refractivity contribution in [1.29, 1.82) is 5.26 Å². The molecular formula is C14H11FN2S. The zero-order chi connectivity index (χ0) is 13.0. The van der Waals surface area contributed by atoms with Crippen LogP contribution in [0.25, 0.3) is 0 Å². The van der Waals surface area contributed by atoms with E-state index in [-0.39, 0.29) is 5.82 Å². The lowest BCUT2D eigenvalue weighted by molar-refractivity contribution is 0.626. The van der Waals surface area contributed by atoms with Crippen LogP contribution in [0.4, 0.5) is 4.39 Å². The van der Waals surface area contributed by atoms with Gasteiger partial charge in [0.2, 0.25) is 0 Å². The van der Waals surface area contributed by atoms with E-state index in [0.717, 1.165) is 15.4 Å². The molecule has 0 saturated carbocycles. The highest BCUT2D eigenvalue weighted by atomic mass is 32.2. The molecule has 0 unspecified atom stereocenters. The second-order valence-corrected chi connectivity index (χ2v) is 4.82. The molecule has 2 N–H and O–H groups in total. The van der Waals surface area contributed by atoms with Gasteiger partial charge >= 0.3 is 0 Å². The second-order valence-electron chi connectivity index (χ2n) is 3.70. The molecule has 2 rings (SSSR count). The molecule has 0 spiro atoms. The van der Waals surface area contributed by atoms with E-state index in [9.17, 15) is 4.39 Å². The second kappa shape index (κ2) is 5.67. The van der Waals surface area contributed by atoms with Crippen LogP contribution in [0.2, 0.25) is 0 Å². The SMILES string of the molecule is N#Cc1cc(CN)ccc1Sc1ccc(F)cc1. The number of nitrogens with two attached hydrogens (primary N) is 1. The Bertz CT molecular complexity index is 588. The van der Waals surface area contributed by atoms with Gasteiger partial charge in [-0.15, -0.1) is 0 Å². The van der Waals surface area contributed by atoms with Gasteiger partial charge in [-0.3, -0.25) is 0 Å². The van der Waals surface area contributed by atoms with Gasteiger partial charge < -0.3 is 5.73 Å². The molecule has 90 valence electrons. The maximum atomic E-state index is 12.8. The predicted octanol–water partition coefficient (Wildman–Crippen LogP) is 3.31. The summed E-state index contributed by atoms with van der Waals surface area (Å²) in [4.78, 5) is 1.75. The minimum atomic E-state index is -0.265. The summed E-state index contributed by atoms with van der Waals surface area (Å²) in [6.07, 6.45) is 0. The molecule has 0 saturated heterocycles. The summed E-state index contributed by atoms with van der Waals surface area (Å²) in [5, 5.41) is 9.10. The topological polar surface area (TPSA) is 49.8 Å². The van der Waals surface area contributed by atoms with Crippen molar-refractivity contribution in [3.63, 3.8) is 0 Å². The summed E-state index contributed by atoms with van der Waals surface area (Å²) in [5.41, 5.74) is 7.05. The Labute approximate surface area is 109 Å². The van der Waals surface area contributed by atoms with Crippen LogP contribution in [-0.2, 0) is 6.54 Å². The molecule has 2 aromatic carbocycles. The van der Waals surface area contributed by atoms with E-state index >= 15 is 0 Å².